The Morgan fingerprint density at radius 2 is 2.28 bits per heavy atom. The molecule has 2 rings (SSSR count). The fourth-order valence-corrected chi connectivity index (χ4v) is 2.49. The van der Waals surface area contributed by atoms with Gasteiger partial charge in [0.25, 0.3) is 0 Å². The minimum absolute atomic E-state index is 0.451. The molecule has 1 heterocycles. The molecule has 0 bridgehead atoms. The quantitative estimate of drug-likeness (QED) is 0.929. The van der Waals surface area contributed by atoms with Crippen molar-refractivity contribution in [3.05, 3.63) is 44.9 Å². The summed E-state index contributed by atoms with van der Waals surface area (Å²) < 4.78 is 5.70. The highest BCUT2D eigenvalue weighted by Gasteiger charge is 2.10. The van der Waals surface area contributed by atoms with E-state index in [-0.39, 0.29) is 0 Å². The van der Waals surface area contributed by atoms with Crippen molar-refractivity contribution in [3.8, 4) is 5.75 Å². The summed E-state index contributed by atoms with van der Waals surface area (Å²) >= 11 is 7.51. The van der Waals surface area contributed by atoms with E-state index in [9.17, 15) is 5.11 Å². The number of hydrogen-bond donors (Lipinski definition) is 1. The van der Waals surface area contributed by atoms with Gasteiger partial charge in [-0.25, -0.2) is 4.98 Å². The number of benzene rings is 1. The van der Waals surface area contributed by atoms with Gasteiger partial charge in [0.05, 0.1) is 16.0 Å². The second-order valence-electron chi connectivity index (χ2n) is 3.99. The number of aryl methyl sites for hydroxylation is 1. The summed E-state index contributed by atoms with van der Waals surface area (Å²) in [4.78, 5) is 5.22. The predicted molar refractivity (Wildman–Crippen MR) is 73.3 cm³/mol. The maximum Gasteiger partial charge on any atom is 0.125 e. The minimum atomic E-state index is -0.609. The molecule has 1 N–H and O–H groups in total. The van der Waals surface area contributed by atoms with Crippen molar-refractivity contribution < 1.29 is 9.84 Å². The Bertz CT molecular complexity index is 540. The van der Waals surface area contributed by atoms with Crippen molar-refractivity contribution in [2.24, 2.45) is 0 Å². The highest BCUT2D eigenvalue weighted by molar-refractivity contribution is 7.11. The summed E-state index contributed by atoms with van der Waals surface area (Å²) in [7, 11) is 0. The van der Waals surface area contributed by atoms with E-state index in [4.69, 9.17) is 16.3 Å². The Morgan fingerprint density at radius 3 is 2.89 bits per heavy atom. The molecule has 0 radical (unpaired) electrons. The molecule has 0 spiro atoms. The third-order valence-electron chi connectivity index (χ3n) is 2.46. The van der Waals surface area contributed by atoms with Crippen LogP contribution in [-0.2, 0) is 6.61 Å². The summed E-state index contributed by atoms with van der Waals surface area (Å²) in [6.07, 6.45) is 1.19. The van der Waals surface area contributed by atoms with Crippen LogP contribution in [0.2, 0.25) is 5.02 Å². The second kappa shape index (κ2) is 5.69. The van der Waals surface area contributed by atoms with Gasteiger partial charge in [-0.1, -0.05) is 11.6 Å². The van der Waals surface area contributed by atoms with Crippen LogP contribution in [0.25, 0.3) is 0 Å². The first-order chi connectivity index (χ1) is 8.56. The van der Waals surface area contributed by atoms with Gasteiger partial charge in [0, 0.05) is 16.8 Å². The Balaban J connectivity index is 2.13. The van der Waals surface area contributed by atoms with Crippen molar-refractivity contribution in [1.82, 2.24) is 4.98 Å². The molecule has 1 atom stereocenters. The van der Waals surface area contributed by atoms with Crippen molar-refractivity contribution >= 4 is 22.9 Å². The van der Waals surface area contributed by atoms with E-state index in [1.807, 2.05) is 6.92 Å². The highest BCUT2D eigenvalue weighted by Crippen LogP contribution is 2.29. The van der Waals surface area contributed by atoms with Crippen LogP contribution in [0.1, 0.15) is 28.5 Å². The molecular weight excluding hydrogens is 270 g/mol. The molecule has 18 heavy (non-hydrogen) atoms. The number of thiazole rings is 1. The number of halogens is 1. The Morgan fingerprint density at radius 1 is 1.50 bits per heavy atom. The third kappa shape index (κ3) is 3.22. The molecule has 1 aromatic heterocycles. The van der Waals surface area contributed by atoms with Gasteiger partial charge in [-0.3, -0.25) is 0 Å². The summed E-state index contributed by atoms with van der Waals surface area (Å²) in [6, 6.07) is 5.25. The number of aliphatic hydroxyl groups excluding tert-OH is 1. The van der Waals surface area contributed by atoms with E-state index in [0.717, 1.165) is 9.88 Å². The number of aromatic nitrogens is 1. The van der Waals surface area contributed by atoms with Gasteiger partial charge in [-0.2, -0.15) is 0 Å². The SMILES string of the molecule is Cc1ncc(COc2ccc(Cl)cc2[C@H](C)O)s1. The first kappa shape index (κ1) is 13.3. The minimum Gasteiger partial charge on any atom is -0.488 e. The molecule has 0 unspecified atom stereocenters. The van der Waals surface area contributed by atoms with Crippen LogP contribution in [0.4, 0.5) is 0 Å². The van der Waals surface area contributed by atoms with Crippen molar-refractivity contribution in [2.75, 3.05) is 0 Å². The fraction of sp³-hybridized carbons (Fsp3) is 0.308. The molecule has 0 fully saturated rings. The van der Waals surface area contributed by atoms with Gasteiger partial charge >= 0.3 is 0 Å². The van der Waals surface area contributed by atoms with E-state index < -0.39 is 6.10 Å². The molecule has 2 aromatic rings. The van der Waals surface area contributed by atoms with Crippen LogP contribution >= 0.6 is 22.9 Å². The number of rotatable bonds is 4. The molecule has 0 aliphatic heterocycles. The number of aliphatic hydroxyl groups is 1. The average molecular weight is 284 g/mol. The first-order valence-corrected chi connectivity index (χ1v) is 6.77. The maximum absolute atomic E-state index is 9.68. The van der Waals surface area contributed by atoms with Crippen LogP contribution in [0.5, 0.6) is 5.75 Å². The largest absolute Gasteiger partial charge is 0.488 e. The van der Waals surface area contributed by atoms with E-state index in [1.165, 1.54) is 0 Å². The molecule has 0 amide bonds. The molecular formula is C13H14ClNO2S. The zero-order chi connectivity index (χ0) is 13.1. The van der Waals surface area contributed by atoms with Gasteiger partial charge in [0.15, 0.2) is 0 Å². The van der Waals surface area contributed by atoms with Crippen LogP contribution in [-0.4, -0.2) is 10.1 Å². The molecule has 5 heteroatoms. The lowest BCUT2D eigenvalue weighted by molar-refractivity contribution is 0.190. The lowest BCUT2D eigenvalue weighted by Gasteiger charge is -2.13. The summed E-state index contributed by atoms with van der Waals surface area (Å²) in [6.45, 7) is 4.10. The molecule has 0 aliphatic carbocycles. The Kier molecular flexibility index (Phi) is 4.22. The lowest BCUT2D eigenvalue weighted by Crippen LogP contribution is -2.00. The number of nitrogens with zero attached hydrogens (tertiary/aromatic N) is 1. The number of ether oxygens (including phenoxy) is 1. The molecule has 1 aromatic carbocycles. The summed E-state index contributed by atoms with van der Waals surface area (Å²) in [5, 5.41) is 11.3. The summed E-state index contributed by atoms with van der Waals surface area (Å²) in [5.74, 6) is 0.653. The topological polar surface area (TPSA) is 42.4 Å². The van der Waals surface area contributed by atoms with Crippen LogP contribution in [0.3, 0.4) is 0 Å². The standard InChI is InChI=1S/C13H14ClNO2S/c1-8(16)12-5-10(14)3-4-13(12)17-7-11-6-15-9(2)18-11/h3-6,8,16H,7H2,1-2H3/t8-/m0/s1. The van der Waals surface area contributed by atoms with Gasteiger partial charge in [0.1, 0.15) is 12.4 Å². The van der Waals surface area contributed by atoms with E-state index in [1.54, 1.807) is 42.7 Å². The molecule has 0 saturated carbocycles. The van der Waals surface area contributed by atoms with Crippen molar-refractivity contribution in [1.29, 1.82) is 0 Å². The molecule has 96 valence electrons. The highest BCUT2D eigenvalue weighted by atomic mass is 35.5. The Hall–Kier alpha value is -1.10. The lowest BCUT2D eigenvalue weighted by atomic mass is 10.1. The van der Waals surface area contributed by atoms with Crippen molar-refractivity contribution in [2.45, 2.75) is 26.6 Å². The number of hydrogen-bond acceptors (Lipinski definition) is 4. The summed E-state index contributed by atoms with van der Waals surface area (Å²) in [5.41, 5.74) is 0.698. The molecule has 0 saturated heterocycles. The first-order valence-electron chi connectivity index (χ1n) is 5.58. The average Bonchev–Trinajstić information content (AvgIpc) is 2.73. The van der Waals surface area contributed by atoms with E-state index in [2.05, 4.69) is 4.98 Å². The monoisotopic (exact) mass is 283 g/mol. The fourth-order valence-electron chi connectivity index (χ4n) is 1.60. The van der Waals surface area contributed by atoms with Crippen LogP contribution in [0, 0.1) is 6.92 Å². The van der Waals surface area contributed by atoms with Crippen molar-refractivity contribution in [3.63, 3.8) is 0 Å². The zero-order valence-corrected chi connectivity index (χ0v) is 11.8. The Labute approximate surface area is 115 Å². The molecule has 0 aliphatic rings. The maximum atomic E-state index is 9.68. The zero-order valence-electron chi connectivity index (χ0n) is 10.2. The third-order valence-corrected chi connectivity index (χ3v) is 3.58. The van der Waals surface area contributed by atoms with E-state index in [0.29, 0.717) is 22.9 Å². The smallest absolute Gasteiger partial charge is 0.125 e. The molecule has 3 nitrogen and oxygen atoms in total. The second-order valence-corrected chi connectivity index (χ2v) is 5.75. The van der Waals surface area contributed by atoms with Crippen LogP contribution in [0.15, 0.2) is 24.4 Å². The predicted octanol–water partition coefficient (Wildman–Crippen LogP) is 3.74. The normalized spacial score (nSPS) is 12.4. The van der Waals surface area contributed by atoms with E-state index >= 15 is 0 Å². The van der Waals surface area contributed by atoms with Gasteiger partial charge in [0.2, 0.25) is 0 Å². The van der Waals surface area contributed by atoms with Gasteiger partial charge in [-0.15, -0.1) is 11.3 Å². The van der Waals surface area contributed by atoms with Gasteiger partial charge in [-0.05, 0) is 32.0 Å². The van der Waals surface area contributed by atoms with Gasteiger partial charge < -0.3 is 9.84 Å². The van der Waals surface area contributed by atoms with Crippen LogP contribution < -0.4 is 4.74 Å².